The lowest BCUT2D eigenvalue weighted by Gasteiger charge is -2.21. The molecule has 0 aromatic rings. The van der Waals surface area contributed by atoms with Crippen molar-refractivity contribution in [1.29, 1.82) is 0 Å². The molecule has 0 aliphatic rings. The van der Waals surface area contributed by atoms with E-state index in [-0.39, 0.29) is 25.7 Å². The number of esters is 4. The molecule has 0 spiro atoms. The van der Waals surface area contributed by atoms with Crippen molar-refractivity contribution in [3.05, 3.63) is 122 Å². The minimum Gasteiger partial charge on any atom is -0.462 e. The van der Waals surface area contributed by atoms with Crippen LogP contribution >= 0.6 is 15.6 Å². The van der Waals surface area contributed by atoms with E-state index in [0.717, 1.165) is 122 Å². The van der Waals surface area contributed by atoms with Crippen LogP contribution in [0.4, 0.5) is 0 Å². The minimum atomic E-state index is -5.00. The van der Waals surface area contributed by atoms with Crippen LogP contribution in [0.5, 0.6) is 0 Å². The van der Waals surface area contributed by atoms with Gasteiger partial charge in [0, 0.05) is 19.3 Å². The first-order valence-electron chi connectivity index (χ1n) is 36.8. The summed E-state index contributed by atoms with van der Waals surface area (Å²) in [6, 6.07) is 0. The SMILES string of the molecule is CC/C=C\C/C=C\C/C=C\C/C=C\C/C=C\CC(=O)OCC(COP(=O)(O)OCC(O)COP(=O)(O)OCC(COC(=O)CCCCCCC/C=C\CCCCCCCC)OC(=O)CCCCCCCCCCCCC)OC(=O)CCCC/C=C\C/C=C\C/C=C\C/C=C\CC. The molecule has 0 rings (SSSR count). The molecule has 0 saturated carbocycles. The van der Waals surface area contributed by atoms with Crippen molar-refractivity contribution in [3.8, 4) is 0 Å². The number of carbonyl (C=O) groups excluding carboxylic acids is 4. The molecule has 96 heavy (non-hydrogen) atoms. The summed E-state index contributed by atoms with van der Waals surface area (Å²) in [7, 11) is -9.98. The standard InChI is InChI=1S/C77H130O17P2/c1-5-9-13-17-21-25-29-32-35-38-42-45-49-53-57-61-74(79)87-67-72(93-76(81)63-59-55-51-47-41-28-24-20-16-12-8-4)69-91-95(83,84)89-65-71(78)66-90-96(85,86)92-70-73(94-77(82)64-60-56-52-48-44-40-37-34-31-27-23-19-15-11-7-3)68-88-75(80)62-58-54-50-46-43-39-36-33-30-26-22-18-14-10-6-2/h10-11,14-15,22-23,26-27,32-37,43-44,46,48,54,58,71-73,78H,5-9,12-13,16-21,24-25,28-31,38-42,45,47,49-53,55-57,59-70H2,1-4H3,(H,83,84)(H,85,86)/b14-10-,15-11-,26-22-,27-23-,35-32-,36-33-,37-34-,46-43-,48-44-,58-54-. The molecule has 0 aliphatic carbocycles. The molecule has 0 aromatic carbocycles. The van der Waals surface area contributed by atoms with Crippen LogP contribution in [0.3, 0.4) is 0 Å². The second-order valence-electron chi connectivity index (χ2n) is 24.1. The smallest absolute Gasteiger partial charge is 0.462 e. The first-order chi connectivity index (χ1) is 46.7. The van der Waals surface area contributed by atoms with Gasteiger partial charge in [-0.3, -0.25) is 37.3 Å². The Balaban J connectivity index is 5.43. The van der Waals surface area contributed by atoms with Crippen LogP contribution in [0.25, 0.3) is 0 Å². The number of rotatable bonds is 68. The Morgan fingerprint density at radius 2 is 0.583 bits per heavy atom. The number of unbranched alkanes of at least 4 members (excludes halogenated alkanes) is 23. The zero-order valence-electron chi connectivity index (χ0n) is 59.8. The van der Waals surface area contributed by atoms with Crippen LogP contribution in [-0.4, -0.2) is 96.7 Å². The summed E-state index contributed by atoms with van der Waals surface area (Å²) in [4.78, 5) is 72.6. The van der Waals surface area contributed by atoms with E-state index < -0.39 is 97.5 Å². The Kier molecular flexibility index (Phi) is 65.7. The number of allylic oxidation sites excluding steroid dienone is 19. The molecule has 5 atom stereocenters. The van der Waals surface area contributed by atoms with E-state index in [2.05, 4.69) is 119 Å². The summed E-state index contributed by atoms with van der Waals surface area (Å²) in [5.41, 5.74) is 0. The molecule has 17 nitrogen and oxygen atoms in total. The van der Waals surface area contributed by atoms with Gasteiger partial charge in [0.1, 0.15) is 19.3 Å². The number of phosphoric acid groups is 2. The van der Waals surface area contributed by atoms with Crippen LogP contribution in [-0.2, 0) is 65.4 Å². The first kappa shape index (κ1) is 91.5. The van der Waals surface area contributed by atoms with Gasteiger partial charge in [0.05, 0.1) is 32.8 Å². The van der Waals surface area contributed by atoms with Crippen molar-refractivity contribution in [2.24, 2.45) is 0 Å². The second kappa shape index (κ2) is 69.0. The van der Waals surface area contributed by atoms with E-state index in [1.165, 1.54) is 77.0 Å². The largest absolute Gasteiger partial charge is 0.472 e. The lowest BCUT2D eigenvalue weighted by Crippen LogP contribution is -2.30. The average Bonchev–Trinajstić information content (AvgIpc) is 1.09. The lowest BCUT2D eigenvalue weighted by molar-refractivity contribution is -0.161. The Bertz CT molecular complexity index is 2300. The molecule has 19 heteroatoms. The number of hydrogen-bond donors (Lipinski definition) is 3. The fourth-order valence-corrected chi connectivity index (χ4v) is 11.0. The third-order valence-corrected chi connectivity index (χ3v) is 16.9. The predicted octanol–water partition coefficient (Wildman–Crippen LogP) is 20.8. The van der Waals surface area contributed by atoms with Crippen LogP contribution in [0.2, 0.25) is 0 Å². The zero-order chi connectivity index (χ0) is 70.4. The molecule has 0 saturated heterocycles. The Morgan fingerprint density at radius 1 is 0.312 bits per heavy atom. The van der Waals surface area contributed by atoms with Gasteiger partial charge in [-0.15, -0.1) is 0 Å². The van der Waals surface area contributed by atoms with Gasteiger partial charge in [-0.1, -0.05) is 265 Å². The fraction of sp³-hybridized carbons (Fsp3) is 0.688. The third kappa shape index (κ3) is 68.0. The normalized spacial score (nSPS) is 14.7. The van der Waals surface area contributed by atoms with Gasteiger partial charge in [0.15, 0.2) is 12.2 Å². The second-order valence-corrected chi connectivity index (χ2v) is 27.0. The molecule has 0 fully saturated rings. The number of carbonyl (C=O) groups is 4. The maximum absolute atomic E-state index is 13.0. The third-order valence-electron chi connectivity index (χ3n) is 15.0. The lowest BCUT2D eigenvalue weighted by atomic mass is 10.1. The topological polar surface area (TPSA) is 237 Å². The van der Waals surface area contributed by atoms with Gasteiger partial charge in [-0.25, -0.2) is 9.13 Å². The summed E-state index contributed by atoms with van der Waals surface area (Å²) < 4.78 is 68.2. The molecule has 0 aromatic heterocycles. The van der Waals surface area contributed by atoms with E-state index in [9.17, 15) is 43.2 Å². The van der Waals surface area contributed by atoms with E-state index in [1.54, 1.807) is 6.08 Å². The van der Waals surface area contributed by atoms with Crippen molar-refractivity contribution in [2.75, 3.05) is 39.6 Å². The molecule has 0 amide bonds. The number of hydrogen-bond acceptors (Lipinski definition) is 15. The molecule has 5 unspecified atom stereocenters. The molecule has 0 radical (unpaired) electrons. The highest BCUT2D eigenvalue weighted by molar-refractivity contribution is 7.47. The summed E-state index contributed by atoms with van der Waals surface area (Å²) in [6.07, 6.45) is 73.8. The highest BCUT2D eigenvalue weighted by atomic mass is 31.2. The Hall–Kier alpha value is -4.54. The zero-order valence-corrected chi connectivity index (χ0v) is 61.5. The van der Waals surface area contributed by atoms with Crippen LogP contribution < -0.4 is 0 Å². The molecular weight excluding hydrogens is 1260 g/mol. The summed E-state index contributed by atoms with van der Waals surface area (Å²) in [6.45, 7) is 4.45. The molecule has 0 aliphatic heterocycles. The van der Waals surface area contributed by atoms with Gasteiger partial charge in [0.2, 0.25) is 0 Å². The van der Waals surface area contributed by atoms with Crippen molar-refractivity contribution >= 4 is 39.5 Å². The quantitative estimate of drug-likeness (QED) is 0.0169. The highest BCUT2D eigenvalue weighted by Gasteiger charge is 2.30. The predicted molar refractivity (Wildman–Crippen MR) is 390 cm³/mol. The van der Waals surface area contributed by atoms with E-state index in [1.807, 2.05) is 24.3 Å². The first-order valence-corrected chi connectivity index (χ1v) is 39.8. The van der Waals surface area contributed by atoms with Crippen molar-refractivity contribution in [1.82, 2.24) is 0 Å². The summed E-state index contributed by atoms with van der Waals surface area (Å²) in [5, 5.41) is 10.6. The highest BCUT2D eigenvalue weighted by Crippen LogP contribution is 2.45. The number of ether oxygens (including phenoxy) is 4. The van der Waals surface area contributed by atoms with Gasteiger partial charge in [-0.05, 0) is 116 Å². The summed E-state index contributed by atoms with van der Waals surface area (Å²) in [5.74, 6) is -2.38. The van der Waals surface area contributed by atoms with E-state index in [4.69, 9.17) is 37.0 Å². The van der Waals surface area contributed by atoms with Crippen LogP contribution in [0.1, 0.15) is 285 Å². The molecule has 3 N–H and O–H groups in total. The van der Waals surface area contributed by atoms with Gasteiger partial charge in [-0.2, -0.15) is 0 Å². The van der Waals surface area contributed by atoms with E-state index >= 15 is 0 Å². The Labute approximate surface area is 581 Å². The van der Waals surface area contributed by atoms with E-state index in [0.29, 0.717) is 32.1 Å². The fourth-order valence-electron chi connectivity index (χ4n) is 9.40. The number of aliphatic hydroxyl groups excluding tert-OH is 1. The van der Waals surface area contributed by atoms with Crippen molar-refractivity contribution in [2.45, 2.75) is 303 Å². The molecule has 550 valence electrons. The van der Waals surface area contributed by atoms with Gasteiger partial charge >= 0.3 is 39.5 Å². The monoisotopic (exact) mass is 1390 g/mol. The molecular formula is C77H130O17P2. The van der Waals surface area contributed by atoms with Gasteiger partial charge < -0.3 is 33.8 Å². The average molecular weight is 1390 g/mol. The van der Waals surface area contributed by atoms with Crippen molar-refractivity contribution in [3.63, 3.8) is 0 Å². The number of aliphatic hydroxyl groups is 1. The Morgan fingerprint density at radius 3 is 0.958 bits per heavy atom. The van der Waals surface area contributed by atoms with Gasteiger partial charge in [0.25, 0.3) is 0 Å². The number of phosphoric ester groups is 2. The van der Waals surface area contributed by atoms with Crippen molar-refractivity contribution < 1.29 is 80.2 Å². The minimum absolute atomic E-state index is 0.0208. The summed E-state index contributed by atoms with van der Waals surface area (Å²) >= 11 is 0. The molecule has 0 bridgehead atoms. The molecule has 0 heterocycles. The maximum Gasteiger partial charge on any atom is 0.472 e. The maximum atomic E-state index is 13.0. The van der Waals surface area contributed by atoms with Crippen LogP contribution in [0.15, 0.2) is 122 Å². The van der Waals surface area contributed by atoms with Crippen LogP contribution in [0, 0.1) is 0 Å².